The number of ether oxygens (including phenoxy) is 1. The molecule has 1 atom stereocenters. The largest absolute Gasteiger partial charge is 0.381 e. The summed E-state index contributed by atoms with van der Waals surface area (Å²) < 4.78 is 6.66. The Morgan fingerprint density at radius 1 is 1.50 bits per heavy atom. The first-order valence-electron chi connectivity index (χ1n) is 5.73. The van der Waals surface area contributed by atoms with Crippen molar-refractivity contribution in [2.45, 2.75) is 25.8 Å². The molecule has 0 radical (unpaired) electrons. The number of hydrogen-bond acceptors (Lipinski definition) is 3. The van der Waals surface area contributed by atoms with Crippen molar-refractivity contribution in [2.24, 2.45) is 5.92 Å². The van der Waals surface area contributed by atoms with Crippen LogP contribution in [0.1, 0.15) is 28.6 Å². The molecule has 0 saturated carbocycles. The average molecular weight is 304 g/mol. The molecule has 16 heavy (non-hydrogen) atoms. The Morgan fingerprint density at radius 3 is 2.69 bits per heavy atom. The quantitative estimate of drug-likeness (QED) is 0.923. The standard InChI is InChI=1S/C12H18BrNOS/c1-8-10(13)7-11(16-8)12(14-2)9-3-5-15-6-4-9/h7,9,12,14H,3-6H2,1-2H3. The Morgan fingerprint density at radius 2 is 2.19 bits per heavy atom. The summed E-state index contributed by atoms with van der Waals surface area (Å²) in [4.78, 5) is 2.81. The van der Waals surface area contributed by atoms with Crippen LogP contribution < -0.4 is 5.32 Å². The normalized spacial score (nSPS) is 19.9. The topological polar surface area (TPSA) is 21.3 Å². The van der Waals surface area contributed by atoms with Gasteiger partial charge < -0.3 is 10.1 Å². The summed E-state index contributed by atoms with van der Waals surface area (Å²) in [5.74, 6) is 0.712. The smallest absolute Gasteiger partial charge is 0.0469 e. The molecule has 0 aliphatic carbocycles. The molecule has 2 rings (SSSR count). The van der Waals surface area contributed by atoms with Crippen molar-refractivity contribution in [1.82, 2.24) is 5.32 Å². The molecule has 1 unspecified atom stereocenters. The molecule has 90 valence electrons. The number of rotatable bonds is 3. The second kappa shape index (κ2) is 5.63. The Labute approximate surface area is 110 Å². The van der Waals surface area contributed by atoms with Gasteiger partial charge in [0.1, 0.15) is 0 Å². The van der Waals surface area contributed by atoms with E-state index in [1.165, 1.54) is 27.1 Å². The summed E-state index contributed by atoms with van der Waals surface area (Å²) in [7, 11) is 2.06. The zero-order valence-electron chi connectivity index (χ0n) is 9.75. The van der Waals surface area contributed by atoms with E-state index in [1.54, 1.807) is 0 Å². The number of nitrogens with one attached hydrogen (secondary N) is 1. The van der Waals surface area contributed by atoms with Crippen LogP contribution in [0.15, 0.2) is 10.5 Å². The fourth-order valence-corrected chi connectivity index (χ4v) is 4.06. The minimum absolute atomic E-state index is 0.485. The van der Waals surface area contributed by atoms with E-state index in [4.69, 9.17) is 4.74 Å². The predicted octanol–water partition coefficient (Wildman–Crippen LogP) is 3.51. The molecule has 0 aromatic carbocycles. The Kier molecular flexibility index (Phi) is 4.41. The molecule has 1 aliphatic rings. The maximum Gasteiger partial charge on any atom is 0.0469 e. The lowest BCUT2D eigenvalue weighted by atomic mass is 9.91. The summed E-state index contributed by atoms with van der Waals surface area (Å²) >= 11 is 5.49. The van der Waals surface area contributed by atoms with E-state index in [-0.39, 0.29) is 0 Å². The van der Waals surface area contributed by atoms with Crippen LogP contribution in [0, 0.1) is 12.8 Å². The van der Waals surface area contributed by atoms with Gasteiger partial charge in [0.15, 0.2) is 0 Å². The summed E-state index contributed by atoms with van der Waals surface area (Å²) in [6.45, 7) is 3.98. The number of aryl methyl sites for hydroxylation is 1. The van der Waals surface area contributed by atoms with E-state index in [0.29, 0.717) is 12.0 Å². The van der Waals surface area contributed by atoms with Gasteiger partial charge in [0, 0.05) is 33.5 Å². The molecule has 0 spiro atoms. The van der Waals surface area contributed by atoms with Gasteiger partial charge in [0.2, 0.25) is 0 Å². The van der Waals surface area contributed by atoms with Gasteiger partial charge in [-0.05, 0) is 54.7 Å². The highest BCUT2D eigenvalue weighted by Gasteiger charge is 2.25. The first kappa shape index (κ1) is 12.6. The molecule has 1 aromatic rings. The fraction of sp³-hybridized carbons (Fsp3) is 0.667. The van der Waals surface area contributed by atoms with Crippen LogP contribution in [-0.4, -0.2) is 20.3 Å². The minimum Gasteiger partial charge on any atom is -0.381 e. The zero-order chi connectivity index (χ0) is 11.5. The molecular weight excluding hydrogens is 286 g/mol. The molecular formula is C12H18BrNOS. The molecule has 1 fully saturated rings. The molecule has 0 bridgehead atoms. The second-order valence-corrected chi connectivity index (χ2v) is 6.41. The predicted molar refractivity (Wildman–Crippen MR) is 72.1 cm³/mol. The summed E-state index contributed by atoms with van der Waals surface area (Å²) in [5, 5.41) is 3.46. The molecule has 4 heteroatoms. The average Bonchev–Trinajstić information content (AvgIpc) is 2.61. The molecule has 2 nitrogen and oxygen atoms in total. The van der Waals surface area contributed by atoms with Crippen molar-refractivity contribution in [1.29, 1.82) is 0 Å². The van der Waals surface area contributed by atoms with Gasteiger partial charge in [-0.3, -0.25) is 0 Å². The highest BCUT2D eigenvalue weighted by Crippen LogP contribution is 2.36. The first-order valence-corrected chi connectivity index (χ1v) is 7.34. The van der Waals surface area contributed by atoms with Crippen LogP contribution in [0.25, 0.3) is 0 Å². The second-order valence-electron chi connectivity index (χ2n) is 4.27. The number of thiophene rings is 1. The Bertz CT molecular complexity index is 327. The van der Waals surface area contributed by atoms with Gasteiger partial charge >= 0.3 is 0 Å². The highest BCUT2D eigenvalue weighted by molar-refractivity contribution is 9.10. The van der Waals surface area contributed by atoms with Crippen molar-refractivity contribution in [3.05, 3.63) is 20.3 Å². The summed E-state index contributed by atoms with van der Waals surface area (Å²) in [6.07, 6.45) is 2.33. The molecule has 0 amide bonds. The Hall–Kier alpha value is 0.1000. The van der Waals surface area contributed by atoms with Crippen molar-refractivity contribution < 1.29 is 4.74 Å². The van der Waals surface area contributed by atoms with Crippen LogP contribution in [0.4, 0.5) is 0 Å². The third-order valence-electron chi connectivity index (χ3n) is 3.23. The van der Waals surface area contributed by atoms with Gasteiger partial charge in [-0.1, -0.05) is 0 Å². The fourth-order valence-electron chi connectivity index (χ4n) is 2.29. The number of halogens is 1. The van der Waals surface area contributed by atoms with Gasteiger partial charge in [0.25, 0.3) is 0 Å². The van der Waals surface area contributed by atoms with Crippen LogP contribution in [0.5, 0.6) is 0 Å². The molecule has 1 aromatic heterocycles. The van der Waals surface area contributed by atoms with E-state index >= 15 is 0 Å². The van der Waals surface area contributed by atoms with Crippen LogP contribution in [0.2, 0.25) is 0 Å². The monoisotopic (exact) mass is 303 g/mol. The minimum atomic E-state index is 0.485. The third-order valence-corrected chi connectivity index (χ3v) is 5.45. The van der Waals surface area contributed by atoms with Crippen molar-refractivity contribution in [2.75, 3.05) is 20.3 Å². The molecule has 1 aliphatic heterocycles. The third kappa shape index (κ3) is 2.67. The van der Waals surface area contributed by atoms with Crippen molar-refractivity contribution >= 4 is 27.3 Å². The summed E-state index contributed by atoms with van der Waals surface area (Å²) in [6, 6.07) is 2.75. The summed E-state index contributed by atoms with van der Waals surface area (Å²) in [5.41, 5.74) is 0. The van der Waals surface area contributed by atoms with Crippen LogP contribution in [0.3, 0.4) is 0 Å². The van der Waals surface area contributed by atoms with Crippen molar-refractivity contribution in [3.8, 4) is 0 Å². The van der Waals surface area contributed by atoms with Gasteiger partial charge in [-0.15, -0.1) is 11.3 Å². The van der Waals surface area contributed by atoms with E-state index in [9.17, 15) is 0 Å². The van der Waals surface area contributed by atoms with E-state index in [1.807, 2.05) is 11.3 Å². The zero-order valence-corrected chi connectivity index (χ0v) is 12.2. The lowest BCUT2D eigenvalue weighted by molar-refractivity contribution is 0.0550. The van der Waals surface area contributed by atoms with Crippen molar-refractivity contribution in [3.63, 3.8) is 0 Å². The maximum absolute atomic E-state index is 5.43. The lowest BCUT2D eigenvalue weighted by Gasteiger charge is -2.29. The van der Waals surface area contributed by atoms with Crippen LogP contribution in [-0.2, 0) is 4.74 Å². The van der Waals surface area contributed by atoms with Gasteiger partial charge in [0.05, 0.1) is 0 Å². The van der Waals surface area contributed by atoms with E-state index in [2.05, 4.69) is 41.3 Å². The lowest BCUT2D eigenvalue weighted by Crippen LogP contribution is -2.29. The number of hydrogen-bond donors (Lipinski definition) is 1. The van der Waals surface area contributed by atoms with E-state index < -0.39 is 0 Å². The first-order chi connectivity index (χ1) is 7.72. The SMILES string of the molecule is CNC(c1cc(Br)c(C)s1)C1CCOCC1. The van der Waals surface area contributed by atoms with E-state index in [0.717, 1.165) is 13.2 Å². The highest BCUT2D eigenvalue weighted by atomic mass is 79.9. The molecule has 1 saturated heterocycles. The Balaban J connectivity index is 2.14. The van der Waals surface area contributed by atoms with Crippen LogP contribution >= 0.6 is 27.3 Å². The molecule has 1 N–H and O–H groups in total. The molecule has 2 heterocycles. The van der Waals surface area contributed by atoms with Gasteiger partial charge in [-0.25, -0.2) is 0 Å². The van der Waals surface area contributed by atoms with Gasteiger partial charge in [-0.2, -0.15) is 0 Å². The maximum atomic E-state index is 5.43.